The van der Waals surface area contributed by atoms with Crippen molar-refractivity contribution in [2.24, 2.45) is 0 Å². The van der Waals surface area contributed by atoms with Gasteiger partial charge in [0, 0.05) is 0 Å². The first kappa shape index (κ1) is 25.7. The van der Waals surface area contributed by atoms with Crippen LogP contribution < -0.4 is 19.7 Å². The van der Waals surface area contributed by atoms with Gasteiger partial charge in [-0.2, -0.15) is 0 Å². The summed E-state index contributed by atoms with van der Waals surface area (Å²) < 4.78 is 11.5. The average molecular weight is 499 g/mol. The number of hydrogen-bond acceptors (Lipinski definition) is 5. The molecule has 37 heavy (non-hydrogen) atoms. The molecule has 7 heteroatoms. The highest BCUT2D eigenvalue weighted by atomic mass is 16.5. The fourth-order valence-corrected chi connectivity index (χ4v) is 3.93. The molecule has 190 valence electrons. The van der Waals surface area contributed by atoms with Crippen molar-refractivity contribution >= 4 is 29.6 Å². The summed E-state index contributed by atoms with van der Waals surface area (Å²) in [4.78, 5) is 38.8. The summed E-state index contributed by atoms with van der Waals surface area (Å²) in [7, 11) is 0. The molecular formula is C30H30N2O5. The molecule has 0 saturated carbocycles. The van der Waals surface area contributed by atoms with Crippen LogP contribution in [0, 0.1) is 6.92 Å². The predicted molar refractivity (Wildman–Crippen MR) is 143 cm³/mol. The van der Waals surface area contributed by atoms with Crippen LogP contribution in [0.25, 0.3) is 6.08 Å². The molecule has 3 aromatic rings. The minimum Gasteiger partial charge on any atom is -0.490 e. The summed E-state index contributed by atoms with van der Waals surface area (Å²) in [6, 6.07) is 21.3. The largest absolute Gasteiger partial charge is 0.490 e. The molecule has 0 radical (unpaired) electrons. The first-order valence-electron chi connectivity index (χ1n) is 12.3. The van der Waals surface area contributed by atoms with Gasteiger partial charge >= 0.3 is 6.03 Å². The molecule has 1 N–H and O–H groups in total. The van der Waals surface area contributed by atoms with Gasteiger partial charge in [0.1, 0.15) is 30.3 Å². The second-order valence-electron chi connectivity index (χ2n) is 8.94. The smallest absolute Gasteiger partial charge is 0.335 e. The number of imide groups is 2. The molecule has 0 bridgehead atoms. The summed E-state index contributed by atoms with van der Waals surface area (Å²) in [6.07, 6.45) is 2.56. The fourth-order valence-electron chi connectivity index (χ4n) is 3.93. The maximum Gasteiger partial charge on any atom is 0.335 e. The van der Waals surface area contributed by atoms with Gasteiger partial charge < -0.3 is 9.47 Å². The van der Waals surface area contributed by atoms with Crippen molar-refractivity contribution in [3.63, 3.8) is 0 Å². The molecule has 0 aromatic heterocycles. The highest BCUT2D eigenvalue weighted by Gasteiger charge is 2.36. The van der Waals surface area contributed by atoms with E-state index >= 15 is 0 Å². The first-order valence-corrected chi connectivity index (χ1v) is 12.3. The summed E-state index contributed by atoms with van der Waals surface area (Å²) in [5.41, 5.74) is 3.09. The van der Waals surface area contributed by atoms with E-state index in [-0.39, 0.29) is 5.57 Å². The predicted octanol–water partition coefficient (Wildman–Crippen LogP) is 5.63. The number of benzene rings is 3. The maximum absolute atomic E-state index is 13.0. The van der Waals surface area contributed by atoms with Crippen molar-refractivity contribution in [1.29, 1.82) is 0 Å². The Morgan fingerprint density at radius 1 is 0.892 bits per heavy atom. The molecule has 1 fully saturated rings. The Labute approximate surface area is 216 Å². The zero-order valence-electron chi connectivity index (χ0n) is 21.2. The summed E-state index contributed by atoms with van der Waals surface area (Å²) >= 11 is 0. The van der Waals surface area contributed by atoms with Crippen molar-refractivity contribution in [2.45, 2.75) is 33.1 Å². The van der Waals surface area contributed by atoms with Crippen molar-refractivity contribution in [2.75, 3.05) is 18.1 Å². The van der Waals surface area contributed by atoms with Crippen LogP contribution in [0.3, 0.4) is 0 Å². The van der Waals surface area contributed by atoms with Gasteiger partial charge in [0.05, 0.1) is 5.69 Å². The third kappa shape index (κ3) is 6.25. The highest BCUT2D eigenvalue weighted by molar-refractivity contribution is 6.39. The second kappa shape index (κ2) is 11.6. The number of hydrogen-bond donors (Lipinski definition) is 1. The number of nitrogens with one attached hydrogen (secondary N) is 1. The number of carbonyl (C=O) groups is 3. The van der Waals surface area contributed by atoms with Gasteiger partial charge in [-0.1, -0.05) is 50.2 Å². The topological polar surface area (TPSA) is 84.9 Å². The third-order valence-electron chi connectivity index (χ3n) is 6.23. The quantitative estimate of drug-likeness (QED) is 0.235. The Kier molecular flexibility index (Phi) is 8.03. The summed E-state index contributed by atoms with van der Waals surface area (Å²) in [5.74, 6) is 0.554. The Bertz CT molecular complexity index is 1310. The van der Waals surface area contributed by atoms with E-state index in [0.717, 1.165) is 22.6 Å². The summed E-state index contributed by atoms with van der Waals surface area (Å²) in [6.45, 7) is 6.99. The number of carbonyl (C=O) groups excluding carboxylic acids is 3. The SMILES string of the molecule is CC[C@@H](C)c1ccc(OCCOc2ccc(/C=C3/C(=O)NC(=O)N(c4cccc(C)c4)C3=O)cc2)cc1. The molecule has 0 spiro atoms. The van der Waals surface area contributed by atoms with Crippen LogP contribution in [0.5, 0.6) is 11.5 Å². The van der Waals surface area contributed by atoms with E-state index in [1.807, 2.05) is 25.1 Å². The maximum atomic E-state index is 13.0. The minimum absolute atomic E-state index is 0.123. The molecule has 1 heterocycles. The van der Waals surface area contributed by atoms with Gasteiger partial charge in [-0.3, -0.25) is 14.9 Å². The zero-order chi connectivity index (χ0) is 26.4. The lowest BCUT2D eigenvalue weighted by Crippen LogP contribution is -2.54. The van der Waals surface area contributed by atoms with Gasteiger partial charge in [0.15, 0.2) is 0 Å². The molecule has 1 aliphatic rings. The fraction of sp³-hybridized carbons (Fsp3) is 0.233. The van der Waals surface area contributed by atoms with Gasteiger partial charge in [-0.25, -0.2) is 9.69 Å². The number of rotatable bonds is 9. The van der Waals surface area contributed by atoms with Gasteiger partial charge in [-0.15, -0.1) is 0 Å². The van der Waals surface area contributed by atoms with E-state index < -0.39 is 17.8 Å². The van der Waals surface area contributed by atoms with E-state index in [1.54, 1.807) is 42.5 Å². The lowest BCUT2D eigenvalue weighted by atomic mass is 9.99. The average Bonchev–Trinajstić information content (AvgIpc) is 2.89. The minimum atomic E-state index is -0.768. The number of nitrogens with zero attached hydrogens (tertiary/aromatic N) is 1. The molecule has 4 rings (SSSR count). The molecule has 0 aliphatic carbocycles. The Balaban J connectivity index is 1.35. The normalized spacial score (nSPS) is 15.5. The Morgan fingerprint density at radius 2 is 1.51 bits per heavy atom. The first-order chi connectivity index (χ1) is 17.9. The van der Waals surface area contributed by atoms with Crippen LogP contribution in [0.4, 0.5) is 10.5 Å². The molecule has 0 unspecified atom stereocenters. The van der Waals surface area contributed by atoms with Crippen LogP contribution in [-0.2, 0) is 9.59 Å². The third-order valence-corrected chi connectivity index (χ3v) is 6.23. The van der Waals surface area contributed by atoms with Crippen molar-refractivity contribution in [3.8, 4) is 11.5 Å². The van der Waals surface area contributed by atoms with Crippen LogP contribution in [0.2, 0.25) is 0 Å². The number of amides is 4. The number of urea groups is 1. The monoisotopic (exact) mass is 498 g/mol. The molecule has 1 aliphatic heterocycles. The lowest BCUT2D eigenvalue weighted by molar-refractivity contribution is -0.122. The molecule has 7 nitrogen and oxygen atoms in total. The molecule has 1 saturated heterocycles. The molecule has 3 aromatic carbocycles. The van der Waals surface area contributed by atoms with Gasteiger partial charge in [0.25, 0.3) is 11.8 Å². The molecule has 1 atom stereocenters. The van der Waals surface area contributed by atoms with E-state index in [9.17, 15) is 14.4 Å². The van der Waals surface area contributed by atoms with Crippen LogP contribution >= 0.6 is 0 Å². The van der Waals surface area contributed by atoms with Crippen LogP contribution in [0.15, 0.2) is 78.4 Å². The van der Waals surface area contributed by atoms with Crippen LogP contribution in [0.1, 0.15) is 42.9 Å². The number of aryl methyl sites for hydroxylation is 1. The van der Waals surface area contributed by atoms with Crippen molar-refractivity contribution in [3.05, 3.63) is 95.1 Å². The summed E-state index contributed by atoms with van der Waals surface area (Å²) in [5, 5.41) is 2.24. The second-order valence-corrected chi connectivity index (χ2v) is 8.94. The van der Waals surface area contributed by atoms with E-state index in [1.165, 1.54) is 11.6 Å². The van der Waals surface area contributed by atoms with Gasteiger partial charge in [0.2, 0.25) is 0 Å². The Morgan fingerprint density at radius 3 is 2.11 bits per heavy atom. The lowest BCUT2D eigenvalue weighted by Gasteiger charge is -2.26. The Hall–Kier alpha value is -4.39. The van der Waals surface area contributed by atoms with Crippen molar-refractivity contribution in [1.82, 2.24) is 5.32 Å². The molecular weight excluding hydrogens is 468 g/mol. The number of barbiturate groups is 1. The van der Waals surface area contributed by atoms with Crippen LogP contribution in [-0.4, -0.2) is 31.1 Å². The number of ether oxygens (including phenoxy) is 2. The van der Waals surface area contributed by atoms with E-state index in [4.69, 9.17) is 9.47 Å². The highest BCUT2D eigenvalue weighted by Crippen LogP contribution is 2.24. The van der Waals surface area contributed by atoms with E-state index in [0.29, 0.717) is 36.1 Å². The zero-order valence-corrected chi connectivity index (χ0v) is 21.2. The number of anilines is 1. The van der Waals surface area contributed by atoms with Gasteiger partial charge in [-0.05, 0) is 78.4 Å². The van der Waals surface area contributed by atoms with Crippen molar-refractivity contribution < 1.29 is 23.9 Å². The standard InChI is InChI=1S/C30H30N2O5/c1-4-21(3)23-10-14-26(15-11-23)37-17-16-36-25-12-8-22(9-13-25)19-27-28(33)31-30(35)32(29(27)34)24-7-5-6-20(2)18-24/h5-15,18-19,21H,4,16-17H2,1-3H3,(H,31,33,35)/b27-19-/t21-/m1/s1. The van der Waals surface area contributed by atoms with E-state index in [2.05, 4.69) is 31.3 Å². The molecule has 4 amide bonds.